The van der Waals surface area contributed by atoms with Gasteiger partial charge in [0.1, 0.15) is 10.6 Å². The van der Waals surface area contributed by atoms with Crippen LogP contribution in [0.15, 0.2) is 166 Å². The van der Waals surface area contributed by atoms with Crippen molar-refractivity contribution in [2.45, 2.75) is 19.6 Å². The van der Waals surface area contributed by atoms with Crippen LogP contribution in [0.5, 0.6) is 5.75 Å². The summed E-state index contributed by atoms with van der Waals surface area (Å²) in [6.07, 6.45) is 1.67. The molecule has 0 aliphatic carbocycles. The highest BCUT2D eigenvalue weighted by Crippen LogP contribution is 2.46. The topological polar surface area (TPSA) is 335 Å². The van der Waals surface area contributed by atoms with E-state index >= 15 is 0 Å². The van der Waals surface area contributed by atoms with E-state index < -0.39 is 56.5 Å². The number of azo groups is 3. The van der Waals surface area contributed by atoms with Crippen LogP contribution >= 0.6 is 12.0 Å². The van der Waals surface area contributed by atoms with Gasteiger partial charge in [-0.15, -0.1) is 29.9 Å². The van der Waals surface area contributed by atoms with Crippen molar-refractivity contribution in [3.8, 4) is 5.75 Å². The molecule has 0 fully saturated rings. The quantitative estimate of drug-likeness (QED) is 0.0165. The van der Waals surface area contributed by atoms with Crippen molar-refractivity contribution in [1.29, 1.82) is 0 Å². The van der Waals surface area contributed by atoms with Gasteiger partial charge in [-0.25, -0.2) is 5.26 Å². The van der Waals surface area contributed by atoms with Gasteiger partial charge in [0.2, 0.25) is 0 Å². The number of anilines is 1. The second kappa shape index (κ2) is 17.0. The lowest BCUT2D eigenvalue weighted by Gasteiger charge is -2.12. The number of rotatable bonds is 12. The highest BCUT2D eigenvalue weighted by molar-refractivity contribution is 7.94. The highest BCUT2D eigenvalue weighted by Gasteiger charge is 2.22. The van der Waals surface area contributed by atoms with Crippen LogP contribution in [0.1, 0.15) is 0 Å². The summed E-state index contributed by atoms with van der Waals surface area (Å²) in [5, 5.41) is 51.3. The van der Waals surface area contributed by atoms with E-state index in [2.05, 4.69) is 45.0 Å². The Bertz CT molecular complexity index is 3690. The van der Waals surface area contributed by atoms with Gasteiger partial charge in [-0.2, -0.15) is 30.4 Å². The Labute approximate surface area is 364 Å². The van der Waals surface area contributed by atoms with E-state index in [1.54, 1.807) is 36.5 Å². The molecule has 0 radical (unpaired) electrons. The van der Waals surface area contributed by atoms with E-state index in [0.29, 0.717) is 28.8 Å². The molecule has 64 heavy (non-hydrogen) atoms. The minimum Gasteiger partial charge on any atom is -0.505 e. The first-order chi connectivity index (χ1) is 30.4. The van der Waals surface area contributed by atoms with Crippen LogP contribution in [-0.2, 0) is 39.7 Å². The number of phenols is 1. The van der Waals surface area contributed by atoms with Gasteiger partial charge in [-0.3, -0.25) is 18.6 Å². The van der Waals surface area contributed by atoms with Crippen molar-refractivity contribution in [2.75, 3.05) is 5.73 Å². The standard InChI is InChI=1S/C39H26N8O13S4/c40-30-19-27-21(16-37(30)64(56,57)58)15-36(61-60-59-49)38(39(27)48)47-46-35-12-10-33(26-7-5-24(18-29(26)35)63(53,54)55)44-45-34-11-9-32(25-6-4-23(17-28(25)34)62(50,51)52)43-42-22-3-8-31-20(14-22)2-1-13-41-31/h1-19,48-49H,40H2,(H,50,51,52)(H,53,54,55)(H,56,57,58). The average molecular weight is 943 g/mol. The normalized spacial score (nSPS) is 12.9. The van der Waals surface area contributed by atoms with Gasteiger partial charge in [0.15, 0.2) is 5.75 Å². The smallest absolute Gasteiger partial charge is 0.296 e. The number of aromatic nitrogens is 1. The minimum atomic E-state index is -4.78. The number of aromatic hydroxyl groups is 1. The predicted molar refractivity (Wildman–Crippen MR) is 232 cm³/mol. The first-order valence-corrected chi connectivity index (χ1v) is 22.9. The summed E-state index contributed by atoms with van der Waals surface area (Å²) >= 11 is 0.321. The van der Waals surface area contributed by atoms with Crippen molar-refractivity contribution >= 4 is 125 Å². The number of nitrogens with two attached hydrogens (primary N) is 1. The molecule has 25 heteroatoms. The number of hydrogen-bond acceptors (Lipinski definition) is 19. The van der Waals surface area contributed by atoms with E-state index in [1.807, 2.05) is 6.07 Å². The Morgan fingerprint density at radius 3 is 1.69 bits per heavy atom. The molecule has 0 unspecified atom stereocenters. The predicted octanol–water partition coefficient (Wildman–Crippen LogP) is 10.4. The maximum atomic E-state index is 12.3. The summed E-state index contributed by atoms with van der Waals surface area (Å²) in [6, 6.07) is 25.4. The zero-order valence-electron chi connectivity index (χ0n) is 31.8. The second-order valence-corrected chi connectivity index (χ2v) is 18.4. The number of phenolic OH excluding ortho intramolecular Hbond substituents is 1. The van der Waals surface area contributed by atoms with Crippen molar-refractivity contribution in [2.24, 2.45) is 30.7 Å². The maximum absolute atomic E-state index is 12.3. The van der Waals surface area contributed by atoms with Gasteiger partial charge in [0.05, 0.1) is 66.4 Å². The molecule has 7 aromatic carbocycles. The van der Waals surface area contributed by atoms with Crippen molar-refractivity contribution in [3.63, 3.8) is 0 Å². The third kappa shape index (κ3) is 8.96. The molecule has 8 aromatic rings. The van der Waals surface area contributed by atoms with E-state index in [-0.39, 0.29) is 54.6 Å². The Balaban J connectivity index is 1.22. The zero-order valence-corrected chi connectivity index (χ0v) is 35.1. The van der Waals surface area contributed by atoms with Crippen molar-refractivity contribution < 1.29 is 58.6 Å². The first kappa shape index (κ1) is 43.7. The van der Waals surface area contributed by atoms with E-state index in [9.17, 15) is 44.0 Å². The maximum Gasteiger partial charge on any atom is 0.296 e. The van der Waals surface area contributed by atoms with Crippen LogP contribution in [0.2, 0.25) is 0 Å². The molecule has 1 aromatic heterocycles. The molecule has 0 bridgehead atoms. The molecule has 8 rings (SSSR count). The first-order valence-electron chi connectivity index (χ1n) is 17.8. The molecule has 1 heterocycles. The van der Waals surface area contributed by atoms with Gasteiger partial charge in [0.25, 0.3) is 30.4 Å². The van der Waals surface area contributed by atoms with Crippen LogP contribution in [0.3, 0.4) is 0 Å². The zero-order chi connectivity index (χ0) is 45.6. The third-order valence-corrected chi connectivity index (χ3v) is 12.7. The summed E-state index contributed by atoms with van der Waals surface area (Å²) in [5.74, 6) is -0.615. The average Bonchev–Trinajstić information content (AvgIpc) is 3.25. The second-order valence-electron chi connectivity index (χ2n) is 13.4. The van der Waals surface area contributed by atoms with Gasteiger partial charge in [-0.1, -0.05) is 23.2 Å². The summed E-state index contributed by atoms with van der Waals surface area (Å²) in [7, 11) is -14.2. The lowest BCUT2D eigenvalue weighted by molar-refractivity contribution is -0.432. The summed E-state index contributed by atoms with van der Waals surface area (Å²) in [4.78, 5) is 2.55. The molecule has 0 amide bonds. The van der Waals surface area contributed by atoms with E-state index in [0.717, 1.165) is 35.2 Å². The molecule has 0 saturated carbocycles. The number of nitrogens with zero attached hydrogens (tertiary/aromatic N) is 7. The molecule has 0 spiro atoms. The fourth-order valence-corrected chi connectivity index (χ4v) is 8.68. The van der Waals surface area contributed by atoms with Crippen LogP contribution in [0, 0.1) is 0 Å². The van der Waals surface area contributed by atoms with Crippen LogP contribution in [-0.4, -0.2) is 54.3 Å². The van der Waals surface area contributed by atoms with E-state index in [4.69, 9.17) is 11.0 Å². The third-order valence-electron chi connectivity index (χ3n) is 9.48. The molecule has 0 saturated heterocycles. The SMILES string of the molecule is Nc1cc2c(O)c(N=Nc3ccc(N=Nc4ccc(N=Nc5ccc6ncccc6c5)c5ccc(S(=O)(=O)O)cc45)c4ccc(S(=O)(=O)O)cc34)c(SOOO)cc2cc1S(=O)(=O)O. The van der Waals surface area contributed by atoms with E-state index in [1.165, 1.54) is 48.5 Å². The molecule has 0 atom stereocenters. The lowest BCUT2D eigenvalue weighted by atomic mass is 10.1. The number of nitrogen functional groups attached to an aromatic ring is 1. The van der Waals surface area contributed by atoms with Crippen LogP contribution in [0.25, 0.3) is 43.2 Å². The molecule has 21 nitrogen and oxygen atoms in total. The van der Waals surface area contributed by atoms with Crippen LogP contribution < -0.4 is 5.73 Å². The summed E-state index contributed by atoms with van der Waals surface area (Å²) in [5.41, 5.74) is 6.89. The molecular weight excluding hydrogens is 917 g/mol. The van der Waals surface area contributed by atoms with Crippen LogP contribution in [0.4, 0.5) is 39.8 Å². The Hall–Kier alpha value is -6.91. The summed E-state index contributed by atoms with van der Waals surface area (Å²) in [6.45, 7) is 0. The van der Waals surface area contributed by atoms with Gasteiger partial charge in [-0.05, 0) is 96.4 Å². The summed E-state index contributed by atoms with van der Waals surface area (Å²) < 4.78 is 107. The Kier molecular flexibility index (Phi) is 11.6. The number of fused-ring (bicyclic) bond motifs is 4. The number of hydrogen-bond donors (Lipinski definition) is 6. The van der Waals surface area contributed by atoms with Gasteiger partial charge >= 0.3 is 0 Å². The highest BCUT2D eigenvalue weighted by atomic mass is 32.2. The fraction of sp³-hybridized carbons (Fsp3) is 0. The Morgan fingerprint density at radius 2 is 1.12 bits per heavy atom. The minimum absolute atomic E-state index is 0.0280. The molecule has 0 aliphatic heterocycles. The number of pyridine rings is 1. The lowest BCUT2D eigenvalue weighted by Crippen LogP contribution is -2.03. The largest absolute Gasteiger partial charge is 0.505 e. The molecular formula is C39H26N8O13S4. The van der Waals surface area contributed by atoms with Crippen molar-refractivity contribution in [3.05, 3.63) is 115 Å². The van der Waals surface area contributed by atoms with Gasteiger partial charge in [0, 0.05) is 38.5 Å². The van der Waals surface area contributed by atoms with Crippen molar-refractivity contribution in [1.82, 2.24) is 4.98 Å². The Morgan fingerprint density at radius 1 is 0.562 bits per heavy atom. The number of benzene rings is 7. The fourth-order valence-electron chi connectivity index (χ4n) is 6.54. The molecule has 0 aliphatic rings. The monoisotopic (exact) mass is 942 g/mol. The molecule has 324 valence electrons. The van der Waals surface area contributed by atoms with Gasteiger partial charge < -0.3 is 10.8 Å². The molecule has 7 N–H and O–H groups in total.